The largest absolute Gasteiger partial charge is 0.423 e. The number of hydrogen-bond donors (Lipinski definition) is 1. The second-order valence-electron chi connectivity index (χ2n) is 3.82. The van der Waals surface area contributed by atoms with Crippen molar-refractivity contribution in [3.63, 3.8) is 0 Å². The Morgan fingerprint density at radius 2 is 1.78 bits per heavy atom. The van der Waals surface area contributed by atoms with Crippen LogP contribution in [0.2, 0.25) is 0 Å². The Bertz CT molecular complexity index is 699. The van der Waals surface area contributed by atoms with Crippen molar-refractivity contribution in [2.24, 2.45) is 0 Å². The van der Waals surface area contributed by atoms with Crippen LogP contribution in [-0.4, -0.2) is 9.55 Å². The molecule has 0 aliphatic rings. The maximum Gasteiger partial charge on any atom is 0.300 e. The number of nitrogens with one attached hydrogen (secondary N) is 1. The van der Waals surface area contributed by atoms with Crippen LogP contribution < -0.4 is 5.68 Å². The Hall–Kier alpha value is -2.62. The molecule has 1 N–H and O–H groups in total. The first-order valence-electron chi connectivity index (χ1n) is 5.58. The standard InChI is InChI=1S/C14H11N3O/c15-14-17(13-8-4-5-9-16-13)10-12(18-14)11-6-2-1-3-7-11/h1-10,15H. The number of oxazole rings is 1. The van der Waals surface area contributed by atoms with Gasteiger partial charge in [-0.3, -0.25) is 9.98 Å². The van der Waals surface area contributed by atoms with Crippen LogP contribution in [0.1, 0.15) is 0 Å². The maximum atomic E-state index is 7.83. The van der Waals surface area contributed by atoms with Gasteiger partial charge in [0, 0.05) is 11.8 Å². The smallest absolute Gasteiger partial charge is 0.300 e. The van der Waals surface area contributed by atoms with Crippen molar-refractivity contribution >= 4 is 0 Å². The van der Waals surface area contributed by atoms with Crippen molar-refractivity contribution in [2.45, 2.75) is 0 Å². The van der Waals surface area contributed by atoms with E-state index in [1.807, 2.05) is 48.5 Å². The Kier molecular flexibility index (Phi) is 2.53. The van der Waals surface area contributed by atoms with Gasteiger partial charge in [0.1, 0.15) is 5.82 Å². The lowest BCUT2D eigenvalue weighted by Crippen LogP contribution is -2.12. The number of rotatable bonds is 2. The third-order valence-corrected chi connectivity index (χ3v) is 2.63. The fraction of sp³-hybridized carbons (Fsp3) is 0. The van der Waals surface area contributed by atoms with Gasteiger partial charge in [-0.25, -0.2) is 4.98 Å². The highest BCUT2D eigenvalue weighted by Gasteiger charge is 2.07. The van der Waals surface area contributed by atoms with Gasteiger partial charge in [-0.2, -0.15) is 0 Å². The van der Waals surface area contributed by atoms with E-state index in [9.17, 15) is 0 Å². The maximum absolute atomic E-state index is 7.83. The zero-order valence-electron chi connectivity index (χ0n) is 9.58. The average Bonchev–Trinajstić information content (AvgIpc) is 2.83. The van der Waals surface area contributed by atoms with Crippen LogP contribution in [0.4, 0.5) is 0 Å². The van der Waals surface area contributed by atoms with E-state index >= 15 is 0 Å². The number of hydrogen-bond acceptors (Lipinski definition) is 3. The van der Waals surface area contributed by atoms with Gasteiger partial charge in [0.25, 0.3) is 5.68 Å². The predicted octanol–water partition coefficient (Wildman–Crippen LogP) is 2.61. The highest BCUT2D eigenvalue weighted by molar-refractivity contribution is 5.56. The van der Waals surface area contributed by atoms with Crippen molar-refractivity contribution in [3.8, 4) is 17.1 Å². The SMILES string of the molecule is N=c1oc(-c2ccccc2)cn1-c1ccccn1. The molecule has 3 aromatic rings. The second kappa shape index (κ2) is 4.33. The molecule has 0 unspecified atom stereocenters. The van der Waals surface area contributed by atoms with Gasteiger partial charge in [-0.15, -0.1) is 0 Å². The summed E-state index contributed by atoms with van der Waals surface area (Å²) >= 11 is 0. The van der Waals surface area contributed by atoms with Crippen LogP contribution in [0.25, 0.3) is 17.1 Å². The van der Waals surface area contributed by atoms with Gasteiger partial charge < -0.3 is 4.42 Å². The van der Waals surface area contributed by atoms with E-state index in [0.29, 0.717) is 11.6 Å². The third-order valence-electron chi connectivity index (χ3n) is 2.63. The lowest BCUT2D eigenvalue weighted by molar-refractivity contribution is 0.486. The zero-order chi connectivity index (χ0) is 12.4. The number of aromatic nitrogens is 2. The monoisotopic (exact) mass is 237 g/mol. The van der Waals surface area contributed by atoms with E-state index in [4.69, 9.17) is 9.83 Å². The first kappa shape index (κ1) is 10.5. The predicted molar refractivity (Wildman–Crippen MR) is 67.1 cm³/mol. The molecular formula is C14H11N3O. The van der Waals surface area contributed by atoms with Gasteiger partial charge in [0.2, 0.25) is 0 Å². The minimum Gasteiger partial charge on any atom is -0.423 e. The Morgan fingerprint density at radius 1 is 1.00 bits per heavy atom. The quantitative estimate of drug-likeness (QED) is 0.744. The lowest BCUT2D eigenvalue weighted by atomic mass is 10.2. The zero-order valence-corrected chi connectivity index (χ0v) is 9.58. The number of benzene rings is 1. The van der Waals surface area contributed by atoms with Crippen molar-refractivity contribution in [2.75, 3.05) is 0 Å². The summed E-state index contributed by atoms with van der Waals surface area (Å²) in [6.45, 7) is 0. The van der Waals surface area contributed by atoms with Crippen LogP contribution >= 0.6 is 0 Å². The number of nitrogens with zero attached hydrogens (tertiary/aromatic N) is 2. The third kappa shape index (κ3) is 1.84. The van der Waals surface area contributed by atoms with Gasteiger partial charge in [0.15, 0.2) is 5.76 Å². The molecule has 0 atom stereocenters. The van der Waals surface area contributed by atoms with Crippen LogP contribution in [0, 0.1) is 5.41 Å². The normalized spacial score (nSPS) is 10.4. The summed E-state index contributed by atoms with van der Waals surface area (Å²) in [6, 6.07) is 15.3. The molecule has 2 heterocycles. The van der Waals surface area contributed by atoms with Crippen molar-refractivity contribution in [1.82, 2.24) is 9.55 Å². The summed E-state index contributed by atoms with van der Waals surface area (Å²) in [4.78, 5) is 4.20. The summed E-state index contributed by atoms with van der Waals surface area (Å²) in [5.74, 6) is 1.33. The van der Waals surface area contributed by atoms with Gasteiger partial charge in [0.05, 0.1) is 6.20 Å². The van der Waals surface area contributed by atoms with Crippen LogP contribution in [0.15, 0.2) is 65.3 Å². The highest BCUT2D eigenvalue weighted by atomic mass is 16.4. The molecule has 0 saturated heterocycles. The molecular weight excluding hydrogens is 226 g/mol. The molecule has 3 rings (SSSR count). The minimum absolute atomic E-state index is 0.0625. The Labute approximate surface area is 104 Å². The fourth-order valence-corrected chi connectivity index (χ4v) is 1.76. The van der Waals surface area contributed by atoms with E-state index in [2.05, 4.69) is 4.98 Å². The summed E-state index contributed by atoms with van der Waals surface area (Å²) < 4.78 is 7.06. The van der Waals surface area contributed by atoms with E-state index < -0.39 is 0 Å². The molecule has 4 heteroatoms. The first-order chi connectivity index (χ1) is 8.84. The average molecular weight is 237 g/mol. The summed E-state index contributed by atoms with van der Waals surface area (Å²) in [5, 5.41) is 7.83. The second-order valence-corrected chi connectivity index (χ2v) is 3.82. The molecule has 0 fully saturated rings. The molecule has 0 saturated carbocycles. The van der Waals surface area contributed by atoms with E-state index in [0.717, 1.165) is 5.56 Å². The fourth-order valence-electron chi connectivity index (χ4n) is 1.76. The first-order valence-corrected chi connectivity index (χ1v) is 5.58. The van der Waals surface area contributed by atoms with Crippen molar-refractivity contribution < 1.29 is 4.42 Å². The molecule has 2 aromatic heterocycles. The molecule has 0 spiro atoms. The lowest BCUT2D eigenvalue weighted by Gasteiger charge is -1.97. The molecule has 0 amide bonds. The van der Waals surface area contributed by atoms with Crippen LogP contribution in [0.3, 0.4) is 0 Å². The molecule has 4 nitrogen and oxygen atoms in total. The van der Waals surface area contributed by atoms with Gasteiger partial charge in [-0.1, -0.05) is 36.4 Å². The topological polar surface area (TPSA) is 54.8 Å². The van der Waals surface area contributed by atoms with E-state index in [1.54, 1.807) is 17.0 Å². The summed E-state index contributed by atoms with van der Waals surface area (Å²) in [5.41, 5.74) is 1.01. The Morgan fingerprint density at radius 3 is 2.50 bits per heavy atom. The van der Waals surface area contributed by atoms with Crippen LogP contribution in [0.5, 0.6) is 0 Å². The van der Waals surface area contributed by atoms with Crippen molar-refractivity contribution in [3.05, 3.63) is 66.6 Å². The molecule has 0 aliphatic carbocycles. The summed E-state index contributed by atoms with van der Waals surface area (Å²) in [6.07, 6.45) is 3.47. The van der Waals surface area contributed by atoms with E-state index in [-0.39, 0.29) is 5.68 Å². The highest BCUT2D eigenvalue weighted by Crippen LogP contribution is 2.18. The van der Waals surface area contributed by atoms with E-state index in [1.165, 1.54) is 0 Å². The minimum atomic E-state index is 0.0625. The number of pyridine rings is 1. The molecule has 0 bridgehead atoms. The summed E-state index contributed by atoms with van der Waals surface area (Å²) in [7, 11) is 0. The molecule has 18 heavy (non-hydrogen) atoms. The van der Waals surface area contributed by atoms with Gasteiger partial charge >= 0.3 is 0 Å². The molecule has 0 radical (unpaired) electrons. The van der Waals surface area contributed by atoms with Crippen molar-refractivity contribution in [1.29, 1.82) is 5.41 Å². The molecule has 1 aromatic carbocycles. The molecule has 0 aliphatic heterocycles. The molecule has 88 valence electrons. The Balaban J connectivity index is 2.10. The van der Waals surface area contributed by atoms with Crippen LogP contribution in [-0.2, 0) is 0 Å². The van der Waals surface area contributed by atoms with Gasteiger partial charge in [-0.05, 0) is 12.1 Å².